The fourth-order valence-electron chi connectivity index (χ4n) is 3.03. The molecule has 1 saturated carbocycles. The van der Waals surface area contributed by atoms with Crippen molar-refractivity contribution in [3.8, 4) is 6.07 Å². The van der Waals surface area contributed by atoms with Gasteiger partial charge in [-0.15, -0.1) is 0 Å². The van der Waals surface area contributed by atoms with E-state index >= 15 is 0 Å². The molecule has 1 fully saturated rings. The predicted octanol–water partition coefficient (Wildman–Crippen LogP) is 3.46. The Balaban J connectivity index is 1.72. The quantitative estimate of drug-likeness (QED) is 0.893. The molecule has 0 spiro atoms. The number of hydrogen-bond acceptors (Lipinski definition) is 5. The standard InChI is InChI=1S/C19H21N5O/c1-13-21-17(19(25)24-15-5-3-2-4-6-15)11-18(22-13)23-16-9-7-14(12-20)8-10-16/h7-11,15H,2-6H2,1H3,(H,24,25)(H,21,22,23). The van der Waals surface area contributed by atoms with Crippen molar-refractivity contribution in [3.05, 3.63) is 47.4 Å². The maximum Gasteiger partial charge on any atom is 0.270 e. The van der Waals surface area contributed by atoms with Crippen LogP contribution < -0.4 is 10.6 Å². The number of carbonyl (C=O) groups excluding carboxylic acids is 1. The van der Waals surface area contributed by atoms with Gasteiger partial charge in [0.1, 0.15) is 17.3 Å². The molecular formula is C19H21N5O. The van der Waals surface area contributed by atoms with Gasteiger partial charge in [0.2, 0.25) is 0 Å². The molecule has 0 saturated heterocycles. The number of aromatic nitrogens is 2. The summed E-state index contributed by atoms with van der Waals surface area (Å²) in [5.74, 6) is 0.943. The summed E-state index contributed by atoms with van der Waals surface area (Å²) in [7, 11) is 0. The molecule has 1 aliphatic rings. The van der Waals surface area contributed by atoms with Crippen LogP contribution in [0, 0.1) is 18.3 Å². The molecule has 6 nitrogen and oxygen atoms in total. The van der Waals surface area contributed by atoms with Crippen LogP contribution in [0.25, 0.3) is 0 Å². The van der Waals surface area contributed by atoms with Gasteiger partial charge in [0.25, 0.3) is 5.91 Å². The van der Waals surface area contributed by atoms with Gasteiger partial charge in [0.15, 0.2) is 0 Å². The van der Waals surface area contributed by atoms with Crippen LogP contribution in [0.3, 0.4) is 0 Å². The molecule has 0 atom stereocenters. The van der Waals surface area contributed by atoms with Crippen molar-refractivity contribution in [2.75, 3.05) is 5.32 Å². The number of rotatable bonds is 4. The lowest BCUT2D eigenvalue weighted by molar-refractivity contribution is 0.0922. The predicted molar refractivity (Wildman–Crippen MR) is 95.5 cm³/mol. The van der Waals surface area contributed by atoms with E-state index in [2.05, 4.69) is 26.7 Å². The first-order valence-electron chi connectivity index (χ1n) is 8.58. The van der Waals surface area contributed by atoms with E-state index in [9.17, 15) is 4.79 Å². The first kappa shape index (κ1) is 16.9. The van der Waals surface area contributed by atoms with E-state index in [1.54, 1.807) is 37.3 Å². The smallest absolute Gasteiger partial charge is 0.270 e. The van der Waals surface area contributed by atoms with Crippen molar-refractivity contribution in [2.24, 2.45) is 0 Å². The summed E-state index contributed by atoms with van der Waals surface area (Å²) in [5.41, 5.74) is 1.77. The van der Waals surface area contributed by atoms with Crippen molar-refractivity contribution < 1.29 is 4.79 Å². The van der Waals surface area contributed by atoms with Crippen LogP contribution in [0.4, 0.5) is 11.5 Å². The molecule has 1 aromatic heterocycles. The van der Waals surface area contributed by atoms with Crippen LogP contribution in [0.5, 0.6) is 0 Å². The third kappa shape index (κ3) is 4.54. The van der Waals surface area contributed by atoms with Gasteiger partial charge >= 0.3 is 0 Å². The van der Waals surface area contributed by atoms with Crippen molar-refractivity contribution in [1.82, 2.24) is 15.3 Å². The van der Waals surface area contributed by atoms with Gasteiger partial charge in [-0.2, -0.15) is 5.26 Å². The van der Waals surface area contributed by atoms with E-state index in [1.807, 2.05) is 0 Å². The van der Waals surface area contributed by atoms with Crippen molar-refractivity contribution in [1.29, 1.82) is 5.26 Å². The van der Waals surface area contributed by atoms with Crippen LogP contribution in [0.15, 0.2) is 30.3 Å². The largest absolute Gasteiger partial charge is 0.348 e. The highest BCUT2D eigenvalue weighted by atomic mass is 16.1. The summed E-state index contributed by atoms with van der Waals surface area (Å²) >= 11 is 0. The van der Waals surface area contributed by atoms with Crippen LogP contribution in [-0.4, -0.2) is 21.9 Å². The second-order valence-electron chi connectivity index (χ2n) is 6.31. The fraction of sp³-hybridized carbons (Fsp3) is 0.368. The lowest BCUT2D eigenvalue weighted by Crippen LogP contribution is -2.36. The molecule has 2 aromatic rings. The molecule has 0 radical (unpaired) electrons. The fourth-order valence-corrected chi connectivity index (χ4v) is 3.03. The normalized spacial score (nSPS) is 14.6. The second-order valence-corrected chi connectivity index (χ2v) is 6.31. The molecule has 1 aromatic carbocycles. The number of amides is 1. The number of benzene rings is 1. The van der Waals surface area contributed by atoms with E-state index < -0.39 is 0 Å². The molecule has 128 valence electrons. The summed E-state index contributed by atoms with van der Waals surface area (Å²) in [4.78, 5) is 21.1. The monoisotopic (exact) mass is 335 g/mol. The Bertz CT molecular complexity index is 788. The second kappa shape index (κ2) is 7.75. The van der Waals surface area contributed by atoms with Crippen LogP contribution in [0.2, 0.25) is 0 Å². The van der Waals surface area contributed by atoms with E-state index in [0.29, 0.717) is 22.9 Å². The van der Waals surface area contributed by atoms with Gasteiger partial charge in [-0.3, -0.25) is 4.79 Å². The molecule has 6 heteroatoms. The van der Waals surface area contributed by atoms with Gasteiger partial charge < -0.3 is 10.6 Å². The number of nitriles is 1. The van der Waals surface area contributed by atoms with Gasteiger partial charge in [-0.05, 0) is 44.0 Å². The number of nitrogens with zero attached hydrogens (tertiary/aromatic N) is 3. The van der Waals surface area contributed by atoms with Gasteiger partial charge in [0, 0.05) is 17.8 Å². The topological polar surface area (TPSA) is 90.7 Å². The van der Waals surface area contributed by atoms with Crippen LogP contribution >= 0.6 is 0 Å². The van der Waals surface area contributed by atoms with Crippen LogP contribution in [-0.2, 0) is 0 Å². The maximum atomic E-state index is 12.5. The Morgan fingerprint density at radius 2 is 1.88 bits per heavy atom. The van der Waals surface area contributed by atoms with Crippen molar-refractivity contribution >= 4 is 17.4 Å². The summed E-state index contributed by atoms with van der Waals surface area (Å²) in [6.07, 6.45) is 5.65. The molecule has 1 amide bonds. The average molecular weight is 335 g/mol. The van der Waals surface area contributed by atoms with Gasteiger partial charge in [0.05, 0.1) is 11.6 Å². The Morgan fingerprint density at radius 3 is 2.56 bits per heavy atom. The summed E-state index contributed by atoms with van der Waals surface area (Å²) in [6, 6.07) is 11.0. The molecule has 0 bridgehead atoms. The van der Waals surface area contributed by atoms with E-state index in [0.717, 1.165) is 18.5 Å². The minimum Gasteiger partial charge on any atom is -0.348 e. The van der Waals surface area contributed by atoms with Crippen molar-refractivity contribution in [3.63, 3.8) is 0 Å². The lowest BCUT2D eigenvalue weighted by atomic mass is 9.95. The summed E-state index contributed by atoms with van der Waals surface area (Å²) < 4.78 is 0. The molecular weight excluding hydrogens is 314 g/mol. The zero-order valence-electron chi connectivity index (χ0n) is 14.2. The highest BCUT2D eigenvalue weighted by Crippen LogP contribution is 2.19. The van der Waals surface area contributed by atoms with E-state index in [4.69, 9.17) is 5.26 Å². The lowest BCUT2D eigenvalue weighted by Gasteiger charge is -2.22. The Kier molecular flexibility index (Phi) is 5.24. The average Bonchev–Trinajstić information content (AvgIpc) is 2.63. The summed E-state index contributed by atoms with van der Waals surface area (Å²) in [6.45, 7) is 1.77. The molecule has 1 aliphatic carbocycles. The third-order valence-electron chi connectivity index (χ3n) is 4.30. The number of carbonyl (C=O) groups is 1. The minimum absolute atomic E-state index is 0.153. The number of anilines is 2. The van der Waals surface area contributed by atoms with Gasteiger partial charge in [-0.1, -0.05) is 19.3 Å². The molecule has 1 heterocycles. The SMILES string of the molecule is Cc1nc(Nc2ccc(C#N)cc2)cc(C(=O)NC2CCCCC2)n1. The van der Waals surface area contributed by atoms with E-state index in [-0.39, 0.29) is 11.9 Å². The third-order valence-corrected chi connectivity index (χ3v) is 4.30. The molecule has 2 N–H and O–H groups in total. The summed E-state index contributed by atoms with van der Waals surface area (Å²) in [5, 5.41) is 15.1. The molecule has 25 heavy (non-hydrogen) atoms. The maximum absolute atomic E-state index is 12.5. The first-order chi connectivity index (χ1) is 12.1. The first-order valence-corrected chi connectivity index (χ1v) is 8.58. The molecule has 0 aliphatic heterocycles. The van der Waals surface area contributed by atoms with E-state index in [1.165, 1.54) is 19.3 Å². The highest BCUT2D eigenvalue weighted by molar-refractivity contribution is 5.93. The zero-order chi connectivity index (χ0) is 17.6. The number of nitrogens with one attached hydrogen (secondary N) is 2. The zero-order valence-corrected chi connectivity index (χ0v) is 14.2. The van der Waals surface area contributed by atoms with Crippen LogP contribution in [0.1, 0.15) is 54.0 Å². The molecule has 0 unspecified atom stereocenters. The highest BCUT2D eigenvalue weighted by Gasteiger charge is 2.18. The Hall–Kier alpha value is -2.94. The Labute approximate surface area is 147 Å². The van der Waals surface area contributed by atoms with Crippen molar-refractivity contribution in [2.45, 2.75) is 45.1 Å². The number of aryl methyl sites for hydroxylation is 1. The minimum atomic E-state index is -0.153. The van der Waals surface area contributed by atoms with Gasteiger partial charge in [-0.25, -0.2) is 9.97 Å². The number of hydrogen-bond donors (Lipinski definition) is 2. The Morgan fingerprint density at radius 1 is 1.16 bits per heavy atom. The molecule has 3 rings (SSSR count).